The van der Waals surface area contributed by atoms with Gasteiger partial charge in [0.05, 0.1) is 10.8 Å². The highest BCUT2D eigenvalue weighted by atomic mass is 15.2. The van der Waals surface area contributed by atoms with Crippen molar-refractivity contribution in [3.8, 4) is 22.3 Å². The Labute approximate surface area is 526 Å². The summed E-state index contributed by atoms with van der Waals surface area (Å²) >= 11 is 0. The molecule has 0 radical (unpaired) electrons. The molecule has 0 N–H and O–H groups in total. The number of fused-ring (bicyclic) bond motifs is 16. The fourth-order valence-corrected chi connectivity index (χ4v) is 15.3. The van der Waals surface area contributed by atoms with E-state index in [1.807, 2.05) is 0 Å². The molecule has 90 heavy (non-hydrogen) atoms. The van der Waals surface area contributed by atoms with Gasteiger partial charge >= 0.3 is 0 Å². The summed E-state index contributed by atoms with van der Waals surface area (Å²) in [6, 6.07) is 135. The first kappa shape index (κ1) is 52.6. The van der Waals surface area contributed by atoms with E-state index in [0.717, 1.165) is 68.2 Å². The van der Waals surface area contributed by atoms with Crippen LogP contribution in [-0.2, 0) is 10.8 Å². The highest BCUT2D eigenvalue weighted by Gasteiger charge is 2.59. The molecular weight excluding hydrogens is 1090 g/mol. The van der Waals surface area contributed by atoms with E-state index in [4.69, 9.17) is 0 Å². The van der Waals surface area contributed by atoms with Crippen LogP contribution in [0.2, 0.25) is 0 Å². The van der Waals surface area contributed by atoms with E-state index in [0.29, 0.717) is 0 Å². The molecule has 14 aromatic rings. The molecule has 0 fully saturated rings. The van der Waals surface area contributed by atoms with Crippen molar-refractivity contribution < 1.29 is 0 Å². The third-order valence-corrected chi connectivity index (χ3v) is 18.8. The number of hydrogen-bond donors (Lipinski definition) is 0. The lowest BCUT2D eigenvalue weighted by Crippen LogP contribution is -2.44. The Hall–Kier alpha value is -11.7. The Balaban J connectivity index is 0.990. The van der Waals surface area contributed by atoms with Crippen LogP contribution in [0.15, 0.2) is 364 Å². The molecule has 4 nitrogen and oxygen atoms in total. The van der Waals surface area contributed by atoms with Gasteiger partial charge in [-0.15, -0.1) is 0 Å². The Morgan fingerprint density at radius 1 is 0.133 bits per heavy atom. The van der Waals surface area contributed by atoms with Crippen LogP contribution in [0.1, 0.15) is 44.5 Å². The Kier molecular flexibility index (Phi) is 12.6. The summed E-state index contributed by atoms with van der Waals surface area (Å²) in [6.45, 7) is 0. The molecular formula is C86H60N4. The van der Waals surface area contributed by atoms with Crippen molar-refractivity contribution >= 4 is 68.2 Å². The molecule has 0 amide bonds. The Bertz CT molecular complexity index is 4160. The van der Waals surface area contributed by atoms with Crippen LogP contribution in [-0.4, -0.2) is 0 Å². The van der Waals surface area contributed by atoms with E-state index >= 15 is 0 Å². The molecule has 0 unspecified atom stereocenters. The van der Waals surface area contributed by atoms with Crippen LogP contribution in [0, 0.1) is 0 Å². The van der Waals surface area contributed by atoms with E-state index in [1.165, 1.54) is 66.8 Å². The lowest BCUT2D eigenvalue weighted by atomic mass is 9.52. The fraction of sp³-hybridized carbons (Fsp3) is 0.0233. The van der Waals surface area contributed by atoms with E-state index in [-0.39, 0.29) is 0 Å². The summed E-state index contributed by atoms with van der Waals surface area (Å²) in [4.78, 5) is 9.67. The van der Waals surface area contributed by atoms with Crippen LogP contribution in [0.3, 0.4) is 0 Å². The molecule has 4 heteroatoms. The van der Waals surface area contributed by atoms with Gasteiger partial charge in [0.15, 0.2) is 0 Å². The zero-order valence-corrected chi connectivity index (χ0v) is 49.4. The van der Waals surface area contributed by atoms with Crippen molar-refractivity contribution in [2.24, 2.45) is 0 Å². The maximum Gasteiger partial charge on any atom is 0.0721 e. The number of rotatable bonds is 12. The van der Waals surface area contributed by atoms with Crippen molar-refractivity contribution in [1.82, 2.24) is 0 Å². The summed E-state index contributed by atoms with van der Waals surface area (Å²) in [7, 11) is 0. The molecule has 0 aliphatic heterocycles. The van der Waals surface area contributed by atoms with Gasteiger partial charge in [0.1, 0.15) is 0 Å². The van der Waals surface area contributed by atoms with Crippen molar-refractivity contribution in [1.29, 1.82) is 0 Å². The molecule has 3 aliphatic carbocycles. The summed E-state index contributed by atoms with van der Waals surface area (Å²) < 4.78 is 0. The van der Waals surface area contributed by atoms with Crippen molar-refractivity contribution in [2.75, 3.05) is 19.6 Å². The molecule has 0 saturated carbocycles. The normalized spacial score (nSPS) is 13.1. The first-order valence-electron chi connectivity index (χ1n) is 31.1. The van der Waals surface area contributed by atoms with Crippen molar-refractivity contribution in [3.63, 3.8) is 0 Å². The van der Waals surface area contributed by atoms with Gasteiger partial charge in [-0.25, -0.2) is 0 Å². The molecule has 0 saturated heterocycles. The molecule has 0 bridgehead atoms. The van der Waals surface area contributed by atoms with Gasteiger partial charge < -0.3 is 19.6 Å². The molecule has 0 aromatic heterocycles. The highest BCUT2D eigenvalue weighted by Crippen LogP contribution is 2.69. The zero-order valence-electron chi connectivity index (χ0n) is 49.4. The molecule has 3 aliphatic rings. The Morgan fingerprint density at radius 2 is 0.289 bits per heavy atom. The molecule has 0 heterocycles. The minimum atomic E-state index is -0.842. The number of nitrogens with zero attached hydrogens (tertiary/aromatic N) is 4. The maximum absolute atomic E-state index is 2.52. The fourth-order valence-electron chi connectivity index (χ4n) is 15.3. The first-order chi connectivity index (χ1) is 44.7. The van der Waals surface area contributed by atoms with Gasteiger partial charge in [-0.3, -0.25) is 0 Å². The van der Waals surface area contributed by atoms with Crippen LogP contribution >= 0.6 is 0 Å². The largest absolute Gasteiger partial charge is 0.310 e. The third kappa shape index (κ3) is 8.15. The SMILES string of the molecule is c1ccc(N(c2ccccc2)c2ccc3c(c2)C2(c4cc(N(c5ccccc5)c5ccccc5)ccc4-3)c3ccccc3C3(c4cc(N(c5ccccc5)c5ccccc5)ccc4-c4ccc(N(c5ccccc5)c5ccccc5)cc43)c3ccccc32)cc1. The van der Waals surface area contributed by atoms with Gasteiger partial charge in [0.25, 0.3) is 0 Å². The number of benzene rings is 14. The van der Waals surface area contributed by atoms with Gasteiger partial charge in [0, 0.05) is 68.2 Å². The third-order valence-electron chi connectivity index (χ3n) is 18.8. The Morgan fingerprint density at radius 3 is 0.456 bits per heavy atom. The highest BCUT2D eigenvalue weighted by molar-refractivity contribution is 5.98. The summed E-state index contributed by atoms with van der Waals surface area (Å²) in [5.74, 6) is 0. The summed E-state index contributed by atoms with van der Waals surface area (Å²) in [6.07, 6.45) is 0. The van der Waals surface area contributed by atoms with Crippen LogP contribution in [0.25, 0.3) is 22.3 Å². The molecule has 14 aromatic carbocycles. The average Bonchev–Trinajstić information content (AvgIpc) is 1.42. The molecule has 2 spiro atoms. The monoisotopic (exact) mass is 1150 g/mol. The quantitative estimate of drug-likeness (QED) is 0.121. The van der Waals surface area contributed by atoms with Crippen LogP contribution < -0.4 is 19.6 Å². The summed E-state index contributed by atoms with van der Waals surface area (Å²) in [5, 5.41) is 0. The second kappa shape index (κ2) is 21.6. The number of hydrogen-bond acceptors (Lipinski definition) is 4. The smallest absolute Gasteiger partial charge is 0.0721 e. The van der Waals surface area contributed by atoms with E-state index in [9.17, 15) is 0 Å². The van der Waals surface area contributed by atoms with Gasteiger partial charge in [-0.2, -0.15) is 0 Å². The van der Waals surface area contributed by atoms with Crippen molar-refractivity contribution in [3.05, 3.63) is 408 Å². The zero-order chi connectivity index (χ0) is 59.6. The van der Waals surface area contributed by atoms with E-state index in [2.05, 4.69) is 384 Å². The van der Waals surface area contributed by atoms with Gasteiger partial charge in [-0.05, 0) is 212 Å². The summed E-state index contributed by atoms with van der Waals surface area (Å²) in [5.41, 5.74) is 26.2. The minimum absolute atomic E-state index is 0.842. The maximum atomic E-state index is 2.52. The molecule has 17 rings (SSSR count). The van der Waals surface area contributed by atoms with E-state index in [1.54, 1.807) is 0 Å². The lowest BCUT2D eigenvalue weighted by molar-refractivity contribution is 0.633. The second-order valence-electron chi connectivity index (χ2n) is 23.5. The predicted octanol–water partition coefficient (Wildman–Crippen LogP) is 22.6. The molecule has 424 valence electrons. The first-order valence-corrected chi connectivity index (χ1v) is 31.1. The predicted molar refractivity (Wildman–Crippen MR) is 373 cm³/mol. The minimum Gasteiger partial charge on any atom is -0.310 e. The van der Waals surface area contributed by atoms with Crippen molar-refractivity contribution in [2.45, 2.75) is 10.8 Å². The van der Waals surface area contributed by atoms with E-state index < -0.39 is 10.8 Å². The van der Waals surface area contributed by atoms with Gasteiger partial charge in [0.2, 0.25) is 0 Å². The second-order valence-corrected chi connectivity index (χ2v) is 23.5. The molecule has 0 atom stereocenters. The van der Waals surface area contributed by atoms with Crippen LogP contribution in [0.5, 0.6) is 0 Å². The van der Waals surface area contributed by atoms with Crippen LogP contribution in [0.4, 0.5) is 68.2 Å². The standard InChI is InChI=1S/C86H60N4/c1-9-29-61(30-10-1)87(62-31-11-2-12-32-62)69-49-53-73-74-54-50-70(88(63-33-13-3-14-34-63)64-35-15-4-16-36-64)58-82(74)85(81(73)57-69)77-45-25-27-47-79(77)86(80-48-28-26-46-78(80)85)83-59-71(89(65-37-17-5-18-38-65)66-39-19-6-20-40-66)51-55-75(83)76-56-52-72(60-84(76)86)90(67-41-21-7-22-42-67)68-43-23-8-24-44-68/h1-60H. The average molecular weight is 1150 g/mol. The topological polar surface area (TPSA) is 13.0 Å². The lowest BCUT2D eigenvalue weighted by Gasteiger charge is -2.49. The number of anilines is 12. The number of para-hydroxylation sites is 8. The van der Waals surface area contributed by atoms with Gasteiger partial charge in [-0.1, -0.05) is 218 Å².